The topological polar surface area (TPSA) is 87.5 Å². The van der Waals surface area contributed by atoms with Gasteiger partial charge in [-0.25, -0.2) is 4.68 Å². The Hall–Kier alpha value is -4.33. The summed E-state index contributed by atoms with van der Waals surface area (Å²) in [7, 11) is 4.69. The van der Waals surface area contributed by atoms with Gasteiger partial charge in [0.15, 0.2) is 5.82 Å². The zero-order valence-corrected chi connectivity index (χ0v) is 17.9. The molecule has 3 aromatic carbocycles. The van der Waals surface area contributed by atoms with Gasteiger partial charge in [0.1, 0.15) is 11.5 Å². The number of nitrogens with zero attached hydrogens (tertiary/aromatic N) is 3. The number of methoxy groups -OCH3 is 3. The minimum absolute atomic E-state index is 0.230. The van der Waals surface area contributed by atoms with Gasteiger partial charge in [0, 0.05) is 16.8 Å². The first-order valence-electron chi connectivity index (χ1n) is 9.82. The third kappa shape index (κ3) is 4.39. The fourth-order valence-electron chi connectivity index (χ4n) is 3.19. The second kappa shape index (κ2) is 9.22. The number of carbonyl (C=O) groups is 1. The molecule has 0 radical (unpaired) electrons. The molecule has 0 spiro atoms. The van der Waals surface area contributed by atoms with Crippen molar-refractivity contribution in [3.63, 3.8) is 0 Å². The fraction of sp³-hybridized carbons (Fsp3) is 0.125. The van der Waals surface area contributed by atoms with Gasteiger partial charge < -0.3 is 19.5 Å². The molecule has 1 N–H and O–H groups in total. The molecular weight excluding hydrogens is 408 g/mol. The van der Waals surface area contributed by atoms with Crippen LogP contribution in [-0.4, -0.2) is 42.0 Å². The molecule has 4 aromatic rings. The highest BCUT2D eigenvalue weighted by Crippen LogP contribution is 2.27. The fourth-order valence-corrected chi connectivity index (χ4v) is 3.19. The number of hydrogen-bond donors (Lipinski definition) is 1. The lowest BCUT2D eigenvalue weighted by Gasteiger charge is -2.10. The van der Waals surface area contributed by atoms with E-state index in [-0.39, 0.29) is 11.9 Å². The van der Waals surface area contributed by atoms with E-state index in [4.69, 9.17) is 14.2 Å². The molecule has 1 aromatic heterocycles. The monoisotopic (exact) mass is 430 g/mol. The number of anilines is 1. The maximum absolute atomic E-state index is 12.7. The molecule has 0 aliphatic rings. The van der Waals surface area contributed by atoms with Crippen LogP contribution in [0.4, 0.5) is 5.69 Å². The Morgan fingerprint density at radius 1 is 0.844 bits per heavy atom. The van der Waals surface area contributed by atoms with Crippen molar-refractivity contribution in [2.75, 3.05) is 26.6 Å². The molecule has 0 fully saturated rings. The van der Waals surface area contributed by atoms with Crippen LogP contribution in [0.5, 0.6) is 17.5 Å². The molecule has 32 heavy (non-hydrogen) atoms. The number of hydrogen-bond acceptors (Lipinski definition) is 6. The SMILES string of the molecule is COc1cccc(C(=O)Nc2cccc(-n3nc(OC)nc3-c3cccc(OC)c3)c2)c1. The van der Waals surface area contributed by atoms with E-state index in [9.17, 15) is 4.79 Å². The van der Waals surface area contributed by atoms with Gasteiger partial charge in [-0.2, -0.15) is 4.98 Å². The highest BCUT2D eigenvalue weighted by Gasteiger charge is 2.16. The predicted molar refractivity (Wildman–Crippen MR) is 121 cm³/mol. The second-order valence-corrected chi connectivity index (χ2v) is 6.80. The van der Waals surface area contributed by atoms with E-state index in [1.165, 1.54) is 7.11 Å². The normalized spacial score (nSPS) is 10.5. The van der Waals surface area contributed by atoms with Crippen LogP contribution in [0, 0.1) is 0 Å². The van der Waals surface area contributed by atoms with Crippen LogP contribution >= 0.6 is 0 Å². The summed E-state index contributed by atoms with van der Waals surface area (Å²) in [4.78, 5) is 17.2. The lowest BCUT2D eigenvalue weighted by Crippen LogP contribution is -2.12. The molecule has 1 amide bonds. The summed E-state index contributed by atoms with van der Waals surface area (Å²) in [5.41, 5.74) is 2.63. The molecule has 162 valence electrons. The van der Waals surface area contributed by atoms with Crippen molar-refractivity contribution < 1.29 is 19.0 Å². The van der Waals surface area contributed by atoms with Crippen LogP contribution in [0.25, 0.3) is 17.1 Å². The first-order chi connectivity index (χ1) is 15.6. The van der Waals surface area contributed by atoms with Gasteiger partial charge >= 0.3 is 6.01 Å². The highest BCUT2D eigenvalue weighted by molar-refractivity contribution is 6.04. The highest BCUT2D eigenvalue weighted by atomic mass is 16.5. The minimum atomic E-state index is -0.245. The van der Waals surface area contributed by atoms with Crippen molar-refractivity contribution in [1.82, 2.24) is 14.8 Å². The maximum Gasteiger partial charge on any atom is 0.336 e. The standard InChI is InChI=1S/C24H22N4O4/c1-30-20-11-4-7-16(13-20)22-26-24(32-3)27-28(22)19-10-6-9-18(15-19)25-23(29)17-8-5-12-21(14-17)31-2/h4-15H,1-3H3,(H,25,29). The number of carbonyl (C=O) groups excluding carboxylic acids is 1. The van der Waals surface area contributed by atoms with Crippen molar-refractivity contribution in [2.45, 2.75) is 0 Å². The van der Waals surface area contributed by atoms with Crippen molar-refractivity contribution in [1.29, 1.82) is 0 Å². The van der Waals surface area contributed by atoms with Gasteiger partial charge in [0.05, 0.1) is 27.0 Å². The van der Waals surface area contributed by atoms with Gasteiger partial charge in [-0.3, -0.25) is 4.79 Å². The smallest absolute Gasteiger partial charge is 0.336 e. The third-order valence-corrected chi connectivity index (χ3v) is 4.78. The van der Waals surface area contributed by atoms with Crippen LogP contribution in [0.3, 0.4) is 0 Å². The van der Waals surface area contributed by atoms with E-state index in [2.05, 4.69) is 15.4 Å². The van der Waals surface area contributed by atoms with Gasteiger partial charge in [-0.1, -0.05) is 24.3 Å². The summed E-state index contributed by atoms with van der Waals surface area (Å²) in [5, 5.41) is 7.36. The Morgan fingerprint density at radius 3 is 2.31 bits per heavy atom. The first-order valence-corrected chi connectivity index (χ1v) is 9.82. The number of rotatable bonds is 7. The summed E-state index contributed by atoms with van der Waals surface area (Å²) in [5.74, 6) is 1.65. The van der Waals surface area contributed by atoms with Crippen molar-refractivity contribution in [3.8, 4) is 34.6 Å². The van der Waals surface area contributed by atoms with E-state index in [0.29, 0.717) is 34.3 Å². The van der Waals surface area contributed by atoms with Crippen LogP contribution in [0.2, 0.25) is 0 Å². The third-order valence-electron chi connectivity index (χ3n) is 4.78. The van der Waals surface area contributed by atoms with Crippen molar-refractivity contribution >= 4 is 11.6 Å². The molecule has 4 rings (SSSR count). The number of benzene rings is 3. The Balaban J connectivity index is 1.67. The lowest BCUT2D eigenvalue weighted by atomic mass is 10.2. The average molecular weight is 430 g/mol. The molecular formula is C24H22N4O4. The van der Waals surface area contributed by atoms with Crippen molar-refractivity contribution in [3.05, 3.63) is 78.4 Å². The van der Waals surface area contributed by atoms with Crippen LogP contribution in [-0.2, 0) is 0 Å². The van der Waals surface area contributed by atoms with E-state index in [1.54, 1.807) is 49.2 Å². The van der Waals surface area contributed by atoms with E-state index in [0.717, 1.165) is 5.56 Å². The number of aromatic nitrogens is 3. The molecule has 0 unspecified atom stereocenters. The van der Waals surface area contributed by atoms with Crippen LogP contribution in [0.15, 0.2) is 72.8 Å². The van der Waals surface area contributed by atoms with Crippen molar-refractivity contribution in [2.24, 2.45) is 0 Å². The summed E-state index contributed by atoms with van der Waals surface area (Å²) < 4.78 is 17.4. The van der Waals surface area contributed by atoms with Crippen LogP contribution in [0.1, 0.15) is 10.4 Å². The molecule has 0 saturated heterocycles. The summed E-state index contributed by atoms with van der Waals surface area (Å²) in [6.45, 7) is 0. The molecule has 0 aliphatic carbocycles. The molecule has 0 atom stereocenters. The van der Waals surface area contributed by atoms with Gasteiger partial charge in [0.25, 0.3) is 5.91 Å². The maximum atomic E-state index is 12.7. The number of amides is 1. The van der Waals surface area contributed by atoms with Gasteiger partial charge in [0.2, 0.25) is 0 Å². The van der Waals surface area contributed by atoms with E-state index >= 15 is 0 Å². The first kappa shape index (κ1) is 20.9. The second-order valence-electron chi connectivity index (χ2n) is 6.80. The average Bonchev–Trinajstić information content (AvgIpc) is 3.29. The van der Waals surface area contributed by atoms with E-state index < -0.39 is 0 Å². The molecule has 8 nitrogen and oxygen atoms in total. The number of nitrogens with one attached hydrogen (secondary N) is 1. The molecule has 1 heterocycles. The van der Waals surface area contributed by atoms with E-state index in [1.807, 2.05) is 42.5 Å². The number of ether oxygens (including phenoxy) is 3. The quantitative estimate of drug-likeness (QED) is 0.473. The minimum Gasteiger partial charge on any atom is -0.497 e. The molecule has 0 bridgehead atoms. The Bertz CT molecular complexity index is 1250. The zero-order valence-electron chi connectivity index (χ0n) is 17.9. The molecule has 8 heteroatoms. The predicted octanol–water partition coefficient (Wildman–Crippen LogP) is 4.21. The zero-order chi connectivity index (χ0) is 22.5. The summed E-state index contributed by atoms with van der Waals surface area (Å²) in [6.07, 6.45) is 0. The Labute approximate surface area is 185 Å². The lowest BCUT2D eigenvalue weighted by molar-refractivity contribution is 0.102. The van der Waals surface area contributed by atoms with Crippen LogP contribution < -0.4 is 19.5 Å². The molecule has 0 saturated carbocycles. The largest absolute Gasteiger partial charge is 0.497 e. The Morgan fingerprint density at radius 2 is 1.56 bits per heavy atom. The van der Waals surface area contributed by atoms with Gasteiger partial charge in [-0.05, 0) is 48.5 Å². The molecule has 0 aliphatic heterocycles. The van der Waals surface area contributed by atoms with Gasteiger partial charge in [-0.15, -0.1) is 5.10 Å². The summed E-state index contributed by atoms with van der Waals surface area (Å²) >= 11 is 0. The summed E-state index contributed by atoms with van der Waals surface area (Å²) in [6, 6.07) is 22.0. The Kier molecular flexibility index (Phi) is 6.03.